The van der Waals surface area contributed by atoms with Gasteiger partial charge in [0.25, 0.3) is 0 Å². The summed E-state index contributed by atoms with van der Waals surface area (Å²) in [7, 11) is 1.19. The molecule has 206 valence electrons. The van der Waals surface area contributed by atoms with E-state index in [0.717, 1.165) is 55.7 Å². The van der Waals surface area contributed by atoms with Gasteiger partial charge in [0.05, 0.1) is 30.5 Å². The molecule has 1 aliphatic heterocycles. The number of aryl methyl sites for hydroxylation is 2. The highest BCUT2D eigenvalue weighted by Gasteiger charge is 2.43. The molecular formula is C28H33F3N2O5. The van der Waals surface area contributed by atoms with Gasteiger partial charge < -0.3 is 14.0 Å². The number of ether oxygens (including phenoxy) is 2. The van der Waals surface area contributed by atoms with Crippen LogP contribution in [0.4, 0.5) is 13.2 Å². The molecule has 2 aromatic rings. The predicted octanol–water partition coefficient (Wildman–Crippen LogP) is 6.36. The molecule has 0 aliphatic carbocycles. The van der Waals surface area contributed by atoms with Crippen molar-refractivity contribution in [2.75, 3.05) is 13.7 Å². The number of hydrogen-bond acceptors (Lipinski definition) is 7. The van der Waals surface area contributed by atoms with Crippen LogP contribution in [0.5, 0.6) is 0 Å². The first-order valence-corrected chi connectivity index (χ1v) is 12.6. The number of aliphatic imine (C=N–C) groups is 1. The highest BCUT2D eigenvalue weighted by molar-refractivity contribution is 6.07. The molecule has 7 nitrogen and oxygen atoms in total. The summed E-state index contributed by atoms with van der Waals surface area (Å²) in [4.78, 5) is 30.2. The van der Waals surface area contributed by atoms with Gasteiger partial charge in [-0.3, -0.25) is 9.79 Å². The smallest absolute Gasteiger partial charge is 0.416 e. The average molecular weight is 535 g/mol. The van der Waals surface area contributed by atoms with Crippen molar-refractivity contribution >= 4 is 17.7 Å². The minimum absolute atomic E-state index is 0.0627. The number of carbonyl (C=O) groups is 2. The van der Waals surface area contributed by atoms with Crippen LogP contribution in [0.1, 0.15) is 74.5 Å². The number of allylic oxidation sites excluding steroid dienone is 1. The summed E-state index contributed by atoms with van der Waals surface area (Å²) in [5, 5.41) is 3.87. The van der Waals surface area contributed by atoms with Gasteiger partial charge in [-0.25, -0.2) is 4.79 Å². The summed E-state index contributed by atoms with van der Waals surface area (Å²) in [6, 6.07) is 6.55. The van der Waals surface area contributed by atoms with Crippen LogP contribution in [0, 0.1) is 12.8 Å². The number of hydrogen-bond donors (Lipinski definition) is 0. The Hall–Kier alpha value is -3.43. The molecular weight excluding hydrogens is 501 g/mol. The number of rotatable bonds is 11. The maximum Gasteiger partial charge on any atom is 0.416 e. The van der Waals surface area contributed by atoms with E-state index in [-0.39, 0.29) is 17.7 Å². The van der Waals surface area contributed by atoms with Crippen LogP contribution in [-0.4, -0.2) is 36.5 Å². The van der Waals surface area contributed by atoms with Crippen molar-refractivity contribution in [1.82, 2.24) is 5.16 Å². The lowest BCUT2D eigenvalue weighted by Gasteiger charge is -2.31. The predicted molar refractivity (Wildman–Crippen MR) is 134 cm³/mol. The van der Waals surface area contributed by atoms with Gasteiger partial charge in [0.2, 0.25) is 0 Å². The minimum atomic E-state index is -4.58. The van der Waals surface area contributed by atoms with Gasteiger partial charge in [0.1, 0.15) is 11.7 Å². The van der Waals surface area contributed by atoms with Gasteiger partial charge in [0, 0.05) is 29.8 Å². The maximum absolute atomic E-state index is 13.4. The summed E-state index contributed by atoms with van der Waals surface area (Å²) < 4.78 is 56.0. The summed E-state index contributed by atoms with van der Waals surface area (Å²) in [6.07, 6.45) is 0.628. The fourth-order valence-corrected chi connectivity index (χ4v) is 4.71. The van der Waals surface area contributed by atoms with Crippen LogP contribution >= 0.6 is 0 Å². The molecule has 1 aliphatic rings. The summed E-state index contributed by atoms with van der Waals surface area (Å²) in [6.45, 7) is 5.21. The third-order valence-electron chi connectivity index (χ3n) is 6.55. The Morgan fingerprint density at radius 3 is 2.39 bits per heavy atom. The van der Waals surface area contributed by atoms with E-state index in [9.17, 15) is 22.8 Å². The van der Waals surface area contributed by atoms with E-state index in [1.165, 1.54) is 19.2 Å². The van der Waals surface area contributed by atoms with Crippen molar-refractivity contribution in [3.05, 3.63) is 64.2 Å². The Kier molecular flexibility index (Phi) is 9.88. The van der Waals surface area contributed by atoms with Gasteiger partial charge in [-0.15, -0.1) is 0 Å². The van der Waals surface area contributed by atoms with Crippen LogP contribution in [-0.2, 0) is 31.7 Å². The van der Waals surface area contributed by atoms with Crippen molar-refractivity contribution in [3.8, 4) is 0 Å². The first kappa shape index (κ1) is 29.1. The maximum atomic E-state index is 13.4. The topological polar surface area (TPSA) is 91.0 Å². The lowest BCUT2D eigenvalue weighted by molar-refractivity contribution is -0.144. The molecule has 0 saturated carbocycles. The van der Waals surface area contributed by atoms with Gasteiger partial charge in [0.15, 0.2) is 0 Å². The molecule has 0 spiro atoms. The number of methoxy groups -OCH3 is 1. The van der Waals surface area contributed by atoms with Crippen molar-refractivity contribution in [3.63, 3.8) is 0 Å². The quantitative estimate of drug-likeness (QED) is 0.246. The molecule has 0 N–H and O–H groups in total. The van der Waals surface area contributed by atoms with E-state index in [1.807, 2.05) is 13.0 Å². The van der Waals surface area contributed by atoms with Crippen molar-refractivity contribution < 1.29 is 36.8 Å². The molecule has 38 heavy (non-hydrogen) atoms. The third kappa shape index (κ3) is 7.33. The molecule has 1 aromatic carbocycles. The molecule has 2 heterocycles. The van der Waals surface area contributed by atoms with Gasteiger partial charge >= 0.3 is 18.1 Å². The van der Waals surface area contributed by atoms with E-state index in [0.29, 0.717) is 17.8 Å². The summed E-state index contributed by atoms with van der Waals surface area (Å²) in [5.74, 6) is -2.59. The highest BCUT2D eigenvalue weighted by Crippen LogP contribution is 2.41. The Bertz CT molecular complexity index is 1200. The second kappa shape index (κ2) is 12.9. The van der Waals surface area contributed by atoms with Crippen molar-refractivity contribution in [2.45, 2.75) is 71.4 Å². The molecule has 10 heteroatoms. The fourth-order valence-electron chi connectivity index (χ4n) is 4.71. The molecule has 0 fully saturated rings. The minimum Gasteiger partial charge on any atom is -0.468 e. The molecule has 0 amide bonds. The molecule has 0 bridgehead atoms. The highest BCUT2D eigenvalue weighted by atomic mass is 19.4. The van der Waals surface area contributed by atoms with Crippen LogP contribution < -0.4 is 0 Å². The zero-order valence-corrected chi connectivity index (χ0v) is 22.1. The van der Waals surface area contributed by atoms with E-state index in [2.05, 4.69) is 10.1 Å². The fraction of sp³-hybridized carbons (Fsp3) is 0.500. The van der Waals surface area contributed by atoms with E-state index in [4.69, 9.17) is 14.0 Å². The molecule has 0 radical (unpaired) electrons. The van der Waals surface area contributed by atoms with Gasteiger partial charge in [-0.2, -0.15) is 13.2 Å². The number of aromatic nitrogens is 1. The number of carbonyl (C=O) groups excluding carboxylic acids is 2. The molecule has 2 atom stereocenters. The largest absolute Gasteiger partial charge is 0.468 e. The van der Waals surface area contributed by atoms with E-state index in [1.54, 1.807) is 13.8 Å². The molecule has 2 unspecified atom stereocenters. The summed E-state index contributed by atoms with van der Waals surface area (Å²) >= 11 is 0. The molecule has 0 saturated heterocycles. The zero-order valence-electron chi connectivity index (χ0n) is 22.1. The Morgan fingerprint density at radius 2 is 1.74 bits per heavy atom. The number of halogens is 3. The number of unbranched alkanes of at least 4 members (excludes halogenated alkanes) is 4. The van der Waals surface area contributed by atoms with Gasteiger partial charge in [-0.05, 0) is 45.2 Å². The van der Waals surface area contributed by atoms with Gasteiger partial charge in [-0.1, -0.05) is 42.6 Å². The lowest BCUT2D eigenvalue weighted by Crippen LogP contribution is -2.36. The van der Waals surface area contributed by atoms with Crippen LogP contribution in [0.2, 0.25) is 0 Å². The van der Waals surface area contributed by atoms with Crippen molar-refractivity contribution in [2.24, 2.45) is 10.9 Å². The van der Waals surface area contributed by atoms with E-state index < -0.39 is 35.5 Å². The number of nitrogens with zero attached hydrogens (tertiary/aromatic N) is 2. The first-order chi connectivity index (χ1) is 18.0. The number of esters is 2. The number of benzene rings is 1. The Labute approximate surface area is 220 Å². The Morgan fingerprint density at radius 1 is 1.03 bits per heavy atom. The number of alkyl halides is 3. The second-order valence-corrected chi connectivity index (χ2v) is 9.44. The van der Waals surface area contributed by atoms with Crippen LogP contribution in [0.3, 0.4) is 0 Å². The SMILES string of the molecule is COC(=O)C1C(C)=NC(C)=C(C(=O)OCCCCCCCc2cc(C)no2)C1c1cccc(C(F)(F)F)c1. The van der Waals surface area contributed by atoms with Crippen molar-refractivity contribution in [1.29, 1.82) is 0 Å². The second-order valence-electron chi connectivity index (χ2n) is 9.44. The van der Waals surface area contributed by atoms with E-state index >= 15 is 0 Å². The Balaban J connectivity index is 1.66. The molecule has 1 aromatic heterocycles. The zero-order chi connectivity index (χ0) is 27.9. The monoisotopic (exact) mass is 534 g/mol. The summed E-state index contributed by atoms with van der Waals surface area (Å²) in [5.41, 5.74) is 0.874. The van der Waals surface area contributed by atoms with Crippen LogP contribution in [0.25, 0.3) is 0 Å². The standard InChI is InChI=1S/C28H33F3N2O5/c1-17-15-22(38-33-17)13-8-6-5-7-9-14-37-27(35)24-19(3)32-18(2)23(26(34)36-4)25(24)20-11-10-12-21(16-20)28(29,30)31/h10-12,15-16,23,25H,5-9,13-14H2,1-4H3. The third-order valence-corrected chi connectivity index (χ3v) is 6.55. The average Bonchev–Trinajstić information content (AvgIpc) is 3.29. The molecule has 3 rings (SSSR count). The van der Waals surface area contributed by atoms with Crippen LogP contribution in [0.15, 0.2) is 51.1 Å². The lowest BCUT2D eigenvalue weighted by atomic mass is 9.75. The normalized spacial score (nSPS) is 17.8. The first-order valence-electron chi connectivity index (χ1n) is 12.6.